The van der Waals surface area contributed by atoms with Gasteiger partial charge in [0.25, 0.3) is 0 Å². The molecule has 0 aliphatic carbocycles. The Balaban J connectivity index is 1.83. The van der Waals surface area contributed by atoms with Gasteiger partial charge < -0.3 is 15.2 Å². The largest absolute Gasteiger partial charge is 0.445 e. The molecule has 0 aliphatic rings. The van der Waals surface area contributed by atoms with Crippen LogP contribution in [0.3, 0.4) is 0 Å². The number of carbonyl (C=O) groups is 1. The zero-order chi connectivity index (χ0) is 15.8. The van der Waals surface area contributed by atoms with Crippen LogP contribution in [0, 0.1) is 6.92 Å². The number of hydrogen-bond donors (Lipinski definition) is 2. The second-order valence-electron chi connectivity index (χ2n) is 5.28. The Bertz CT molecular complexity index is 598. The van der Waals surface area contributed by atoms with Crippen LogP contribution in [0.2, 0.25) is 0 Å². The molecule has 4 nitrogen and oxygen atoms in total. The summed E-state index contributed by atoms with van der Waals surface area (Å²) in [5, 5.41) is 12.1. The summed E-state index contributed by atoms with van der Waals surface area (Å²) in [6.07, 6.45) is 0.0501. The molecule has 0 heterocycles. The van der Waals surface area contributed by atoms with E-state index in [1.165, 1.54) is 0 Å². The number of hydrogen-bond acceptors (Lipinski definition) is 3. The van der Waals surface area contributed by atoms with Crippen LogP contribution in [0.5, 0.6) is 0 Å². The normalized spacial score (nSPS) is 11.7. The van der Waals surface area contributed by atoms with Crippen LogP contribution in [-0.4, -0.2) is 23.8 Å². The number of ether oxygens (including phenoxy) is 1. The molecule has 0 aromatic heterocycles. The smallest absolute Gasteiger partial charge is 0.407 e. The van der Waals surface area contributed by atoms with E-state index in [9.17, 15) is 9.90 Å². The highest BCUT2D eigenvalue weighted by molar-refractivity contribution is 5.67. The first-order valence-electron chi connectivity index (χ1n) is 7.31. The summed E-state index contributed by atoms with van der Waals surface area (Å²) >= 11 is 0. The maximum atomic E-state index is 11.8. The maximum absolute atomic E-state index is 11.8. The number of amides is 1. The van der Waals surface area contributed by atoms with E-state index in [2.05, 4.69) is 5.32 Å². The molecule has 0 radical (unpaired) electrons. The molecule has 1 unspecified atom stereocenters. The second kappa shape index (κ2) is 8.20. The molecule has 2 aromatic rings. The predicted octanol–water partition coefficient (Wildman–Crippen LogP) is 2.82. The highest BCUT2D eigenvalue weighted by Crippen LogP contribution is 2.07. The number of aliphatic hydroxyl groups excluding tert-OH is 1. The third-order valence-electron chi connectivity index (χ3n) is 3.32. The number of nitrogens with one attached hydrogen (secondary N) is 1. The van der Waals surface area contributed by atoms with Gasteiger partial charge in [-0.25, -0.2) is 4.79 Å². The monoisotopic (exact) mass is 299 g/mol. The third kappa shape index (κ3) is 5.22. The van der Waals surface area contributed by atoms with E-state index in [1.54, 1.807) is 0 Å². The molecule has 2 aromatic carbocycles. The second-order valence-corrected chi connectivity index (χ2v) is 5.28. The third-order valence-corrected chi connectivity index (χ3v) is 3.32. The Hall–Kier alpha value is -2.33. The van der Waals surface area contributed by atoms with E-state index in [4.69, 9.17) is 4.74 Å². The fraction of sp³-hybridized carbons (Fsp3) is 0.278. The number of rotatable bonds is 6. The van der Waals surface area contributed by atoms with Crippen molar-refractivity contribution in [1.82, 2.24) is 5.32 Å². The number of carbonyl (C=O) groups excluding carboxylic acids is 1. The molecule has 0 fully saturated rings. The summed E-state index contributed by atoms with van der Waals surface area (Å²) in [5.41, 5.74) is 3.15. The lowest BCUT2D eigenvalue weighted by Gasteiger charge is -2.16. The lowest BCUT2D eigenvalue weighted by molar-refractivity contribution is 0.129. The number of alkyl carbamates (subject to hydrolysis) is 1. The summed E-state index contributed by atoms with van der Waals surface area (Å²) in [7, 11) is 0. The molecule has 0 saturated heterocycles. The first-order valence-corrected chi connectivity index (χ1v) is 7.31. The lowest BCUT2D eigenvalue weighted by atomic mass is 10.0. The molecule has 116 valence electrons. The molecule has 0 saturated carbocycles. The molecule has 22 heavy (non-hydrogen) atoms. The quantitative estimate of drug-likeness (QED) is 0.862. The molecule has 4 heteroatoms. The fourth-order valence-electron chi connectivity index (χ4n) is 2.22. The van der Waals surface area contributed by atoms with Crippen molar-refractivity contribution in [3.63, 3.8) is 0 Å². The first-order chi connectivity index (χ1) is 10.7. The van der Waals surface area contributed by atoms with Crippen LogP contribution in [0.4, 0.5) is 4.79 Å². The van der Waals surface area contributed by atoms with Gasteiger partial charge >= 0.3 is 6.09 Å². The van der Waals surface area contributed by atoms with E-state index >= 15 is 0 Å². The van der Waals surface area contributed by atoms with Gasteiger partial charge in [-0.05, 0) is 24.5 Å². The Morgan fingerprint density at radius 2 is 1.86 bits per heavy atom. The molecule has 1 amide bonds. The summed E-state index contributed by atoms with van der Waals surface area (Å²) < 4.78 is 5.16. The molecule has 1 atom stereocenters. The molecule has 2 rings (SSSR count). The van der Waals surface area contributed by atoms with Gasteiger partial charge in [-0.15, -0.1) is 0 Å². The molecule has 0 bridgehead atoms. The number of benzene rings is 2. The van der Waals surface area contributed by atoms with Crippen molar-refractivity contribution in [3.05, 3.63) is 71.3 Å². The lowest BCUT2D eigenvalue weighted by Crippen LogP contribution is -2.39. The predicted molar refractivity (Wildman–Crippen MR) is 85.5 cm³/mol. The van der Waals surface area contributed by atoms with Crippen LogP contribution in [0.1, 0.15) is 16.7 Å². The van der Waals surface area contributed by atoms with E-state index in [-0.39, 0.29) is 19.3 Å². The van der Waals surface area contributed by atoms with Crippen molar-refractivity contribution in [2.75, 3.05) is 6.61 Å². The topological polar surface area (TPSA) is 58.6 Å². The summed E-state index contributed by atoms with van der Waals surface area (Å²) in [4.78, 5) is 11.8. The molecule has 0 spiro atoms. The van der Waals surface area contributed by atoms with Gasteiger partial charge in [0, 0.05) is 0 Å². The maximum Gasteiger partial charge on any atom is 0.407 e. The van der Waals surface area contributed by atoms with Crippen LogP contribution in [-0.2, 0) is 17.8 Å². The SMILES string of the molecule is Cc1cccc(CC(CO)NC(=O)OCc2ccccc2)c1. The van der Waals surface area contributed by atoms with Gasteiger partial charge in [-0.2, -0.15) is 0 Å². The standard InChI is InChI=1S/C18H21NO3/c1-14-6-5-9-16(10-14)11-17(12-20)19-18(21)22-13-15-7-3-2-4-8-15/h2-10,17,20H,11-13H2,1H3,(H,19,21). The molecule has 0 aliphatic heterocycles. The van der Waals surface area contributed by atoms with E-state index in [1.807, 2.05) is 61.5 Å². The number of aryl methyl sites for hydroxylation is 1. The first kappa shape index (κ1) is 16.0. The minimum atomic E-state index is -0.518. The van der Waals surface area contributed by atoms with Crippen molar-refractivity contribution in [3.8, 4) is 0 Å². The van der Waals surface area contributed by atoms with Gasteiger partial charge in [0.2, 0.25) is 0 Å². The van der Waals surface area contributed by atoms with Gasteiger partial charge in [0.15, 0.2) is 0 Å². The van der Waals surface area contributed by atoms with Gasteiger partial charge in [-0.1, -0.05) is 60.2 Å². The highest BCUT2D eigenvalue weighted by atomic mass is 16.5. The van der Waals surface area contributed by atoms with Crippen molar-refractivity contribution in [2.24, 2.45) is 0 Å². The average molecular weight is 299 g/mol. The van der Waals surface area contributed by atoms with Crippen LogP contribution in [0.25, 0.3) is 0 Å². The van der Waals surface area contributed by atoms with Gasteiger partial charge in [0.05, 0.1) is 12.6 Å². The zero-order valence-electron chi connectivity index (χ0n) is 12.7. The van der Waals surface area contributed by atoms with Gasteiger partial charge in [-0.3, -0.25) is 0 Å². The summed E-state index contributed by atoms with van der Waals surface area (Å²) in [6.45, 7) is 2.10. The van der Waals surface area contributed by atoms with Crippen molar-refractivity contribution in [2.45, 2.75) is 26.0 Å². The van der Waals surface area contributed by atoms with Crippen LogP contribution >= 0.6 is 0 Å². The minimum Gasteiger partial charge on any atom is -0.445 e. The Labute approximate surface area is 130 Å². The Morgan fingerprint density at radius 1 is 1.14 bits per heavy atom. The molecular weight excluding hydrogens is 278 g/mol. The molecular formula is C18H21NO3. The van der Waals surface area contributed by atoms with E-state index < -0.39 is 6.09 Å². The zero-order valence-corrected chi connectivity index (χ0v) is 12.7. The average Bonchev–Trinajstić information content (AvgIpc) is 2.53. The highest BCUT2D eigenvalue weighted by Gasteiger charge is 2.13. The summed E-state index contributed by atoms with van der Waals surface area (Å²) in [6, 6.07) is 17.1. The molecule has 2 N–H and O–H groups in total. The van der Waals surface area contributed by atoms with Crippen molar-refractivity contribution >= 4 is 6.09 Å². The van der Waals surface area contributed by atoms with Gasteiger partial charge in [0.1, 0.15) is 6.61 Å². The van der Waals surface area contributed by atoms with E-state index in [0.717, 1.165) is 16.7 Å². The number of aliphatic hydroxyl groups is 1. The Kier molecular flexibility index (Phi) is 5.98. The van der Waals surface area contributed by atoms with E-state index in [0.29, 0.717) is 6.42 Å². The van der Waals surface area contributed by atoms with Crippen LogP contribution in [0.15, 0.2) is 54.6 Å². The van der Waals surface area contributed by atoms with Crippen molar-refractivity contribution in [1.29, 1.82) is 0 Å². The Morgan fingerprint density at radius 3 is 2.55 bits per heavy atom. The summed E-state index contributed by atoms with van der Waals surface area (Å²) in [5.74, 6) is 0. The minimum absolute atomic E-state index is 0.131. The van der Waals surface area contributed by atoms with Crippen molar-refractivity contribution < 1.29 is 14.6 Å². The van der Waals surface area contributed by atoms with Crippen LogP contribution < -0.4 is 5.32 Å². The fourth-order valence-corrected chi connectivity index (χ4v) is 2.22.